The lowest BCUT2D eigenvalue weighted by atomic mass is 10.0. The number of likely N-dealkylation sites (N-methyl/N-ethyl adjacent to an activating group) is 1. The van der Waals surface area contributed by atoms with E-state index in [1.165, 1.54) is 25.9 Å². The van der Waals surface area contributed by atoms with E-state index in [4.69, 9.17) is 5.26 Å². The monoisotopic (exact) mass is 238 g/mol. The second kappa shape index (κ2) is 6.95. The van der Waals surface area contributed by atoms with Gasteiger partial charge < -0.3 is 9.80 Å². The summed E-state index contributed by atoms with van der Waals surface area (Å²) in [5, 5.41) is 12.4. The van der Waals surface area contributed by atoms with Crippen LogP contribution < -0.4 is 5.32 Å². The van der Waals surface area contributed by atoms with Gasteiger partial charge in [-0.3, -0.25) is 5.32 Å². The number of hydrogen-bond acceptors (Lipinski definition) is 4. The second-order valence-corrected chi connectivity index (χ2v) is 5.48. The number of nitrogens with one attached hydrogen (secondary N) is 1. The molecule has 0 radical (unpaired) electrons. The number of hydrogen-bond donors (Lipinski definition) is 1. The highest BCUT2D eigenvalue weighted by molar-refractivity contribution is 4.94. The van der Waals surface area contributed by atoms with E-state index in [1.807, 2.05) is 0 Å². The minimum absolute atomic E-state index is 0.0559. The fourth-order valence-corrected chi connectivity index (χ4v) is 2.41. The first-order valence-electron chi connectivity index (χ1n) is 6.57. The van der Waals surface area contributed by atoms with E-state index in [0.29, 0.717) is 12.1 Å². The van der Waals surface area contributed by atoms with Crippen molar-refractivity contribution >= 4 is 0 Å². The Hall–Kier alpha value is -0.630. The molecule has 1 rings (SSSR count). The van der Waals surface area contributed by atoms with Gasteiger partial charge in [0, 0.05) is 18.6 Å². The van der Waals surface area contributed by atoms with Crippen molar-refractivity contribution in [2.75, 3.05) is 33.7 Å². The third kappa shape index (κ3) is 5.03. The number of piperidine rings is 1. The summed E-state index contributed by atoms with van der Waals surface area (Å²) in [6.45, 7) is 7.33. The fraction of sp³-hybridized carbons (Fsp3) is 0.923. The highest BCUT2D eigenvalue weighted by Gasteiger charge is 2.22. The molecule has 0 aliphatic carbocycles. The average Bonchev–Trinajstić information content (AvgIpc) is 2.28. The van der Waals surface area contributed by atoms with Crippen LogP contribution in [0.2, 0.25) is 0 Å². The first-order chi connectivity index (χ1) is 8.02. The molecule has 1 aliphatic rings. The lowest BCUT2D eigenvalue weighted by Gasteiger charge is -2.36. The molecular weight excluding hydrogens is 212 g/mol. The van der Waals surface area contributed by atoms with Gasteiger partial charge in [-0.25, -0.2) is 0 Å². The largest absolute Gasteiger partial charge is 0.306 e. The normalized spacial score (nSPS) is 20.8. The van der Waals surface area contributed by atoms with E-state index >= 15 is 0 Å². The second-order valence-electron chi connectivity index (χ2n) is 5.48. The van der Waals surface area contributed by atoms with Crippen LogP contribution in [0.25, 0.3) is 0 Å². The molecule has 0 bridgehead atoms. The minimum Gasteiger partial charge on any atom is -0.306 e. The Kier molecular flexibility index (Phi) is 5.90. The smallest absolute Gasteiger partial charge is 0.108 e. The summed E-state index contributed by atoms with van der Waals surface area (Å²) in [5.41, 5.74) is 0. The Morgan fingerprint density at radius 1 is 1.41 bits per heavy atom. The summed E-state index contributed by atoms with van der Waals surface area (Å²) >= 11 is 0. The highest BCUT2D eigenvalue weighted by Crippen LogP contribution is 2.14. The summed E-state index contributed by atoms with van der Waals surface area (Å²) in [6.07, 6.45) is 2.43. The molecule has 1 atom stereocenters. The topological polar surface area (TPSA) is 42.3 Å². The average molecular weight is 238 g/mol. The van der Waals surface area contributed by atoms with E-state index in [2.05, 4.69) is 49.1 Å². The molecule has 0 spiro atoms. The molecule has 4 nitrogen and oxygen atoms in total. The van der Waals surface area contributed by atoms with Crippen molar-refractivity contribution < 1.29 is 0 Å². The van der Waals surface area contributed by atoms with Crippen molar-refractivity contribution in [1.29, 1.82) is 5.26 Å². The number of nitriles is 1. The van der Waals surface area contributed by atoms with Crippen LogP contribution in [0.4, 0.5) is 0 Å². The fourth-order valence-electron chi connectivity index (χ4n) is 2.41. The predicted molar refractivity (Wildman–Crippen MR) is 70.8 cm³/mol. The molecule has 0 aromatic heterocycles. The number of rotatable bonds is 5. The van der Waals surface area contributed by atoms with Gasteiger partial charge in [0.15, 0.2) is 0 Å². The van der Waals surface area contributed by atoms with Crippen LogP contribution in [-0.2, 0) is 0 Å². The molecule has 98 valence electrons. The molecule has 1 fully saturated rings. The van der Waals surface area contributed by atoms with Crippen molar-refractivity contribution in [1.82, 2.24) is 15.1 Å². The summed E-state index contributed by atoms with van der Waals surface area (Å²) in [5.74, 6) is 0. The zero-order valence-electron chi connectivity index (χ0n) is 11.6. The maximum atomic E-state index is 9.12. The zero-order chi connectivity index (χ0) is 12.8. The van der Waals surface area contributed by atoms with Gasteiger partial charge >= 0.3 is 0 Å². The van der Waals surface area contributed by atoms with E-state index in [-0.39, 0.29) is 6.04 Å². The lowest BCUT2D eigenvalue weighted by molar-refractivity contribution is 0.139. The van der Waals surface area contributed by atoms with Crippen molar-refractivity contribution in [3.05, 3.63) is 0 Å². The highest BCUT2D eigenvalue weighted by atomic mass is 15.2. The van der Waals surface area contributed by atoms with Crippen molar-refractivity contribution in [3.8, 4) is 6.07 Å². The zero-order valence-corrected chi connectivity index (χ0v) is 11.6. The predicted octanol–water partition coefficient (Wildman–Crippen LogP) is 0.903. The van der Waals surface area contributed by atoms with E-state index < -0.39 is 0 Å². The third-order valence-electron chi connectivity index (χ3n) is 3.47. The van der Waals surface area contributed by atoms with Gasteiger partial charge in [0.05, 0.1) is 6.07 Å². The van der Waals surface area contributed by atoms with E-state index in [0.717, 1.165) is 6.54 Å². The summed E-state index contributed by atoms with van der Waals surface area (Å²) in [4.78, 5) is 4.72. The molecule has 1 N–H and O–H groups in total. The van der Waals surface area contributed by atoms with Crippen molar-refractivity contribution in [2.45, 2.75) is 44.8 Å². The van der Waals surface area contributed by atoms with Gasteiger partial charge in [-0.1, -0.05) is 0 Å². The molecule has 1 aliphatic heterocycles. The van der Waals surface area contributed by atoms with Gasteiger partial charge in [-0.15, -0.1) is 0 Å². The molecule has 0 saturated carbocycles. The SMILES string of the molecule is CC(C)NC(C#N)CN(C)C1CCN(C)CC1. The van der Waals surface area contributed by atoms with Crippen molar-refractivity contribution in [3.63, 3.8) is 0 Å². The Morgan fingerprint density at radius 2 is 2.00 bits per heavy atom. The quantitative estimate of drug-likeness (QED) is 0.773. The van der Waals surface area contributed by atoms with Crippen LogP contribution in [0.1, 0.15) is 26.7 Å². The first-order valence-corrected chi connectivity index (χ1v) is 6.57. The Balaban J connectivity index is 2.37. The van der Waals surface area contributed by atoms with Crippen LogP contribution in [0, 0.1) is 11.3 Å². The molecule has 4 heteroatoms. The van der Waals surface area contributed by atoms with Gasteiger partial charge in [0.25, 0.3) is 0 Å². The van der Waals surface area contributed by atoms with Gasteiger partial charge in [-0.05, 0) is 53.9 Å². The van der Waals surface area contributed by atoms with Crippen molar-refractivity contribution in [2.24, 2.45) is 0 Å². The van der Waals surface area contributed by atoms with Gasteiger partial charge in [0.2, 0.25) is 0 Å². The lowest BCUT2D eigenvalue weighted by Crippen LogP contribution is -2.48. The Morgan fingerprint density at radius 3 is 2.47 bits per heavy atom. The molecule has 1 heterocycles. The molecule has 1 saturated heterocycles. The molecule has 0 aromatic rings. The van der Waals surface area contributed by atoms with Crippen LogP contribution in [0.15, 0.2) is 0 Å². The summed E-state index contributed by atoms with van der Waals surface area (Å²) in [7, 11) is 4.32. The van der Waals surface area contributed by atoms with Crippen LogP contribution in [0.3, 0.4) is 0 Å². The van der Waals surface area contributed by atoms with Gasteiger partial charge in [0.1, 0.15) is 6.04 Å². The Bertz CT molecular complexity index is 251. The molecule has 1 unspecified atom stereocenters. The molecular formula is C13H26N4. The summed E-state index contributed by atoms with van der Waals surface area (Å²) < 4.78 is 0. The van der Waals surface area contributed by atoms with E-state index in [9.17, 15) is 0 Å². The minimum atomic E-state index is -0.0559. The van der Waals surface area contributed by atoms with E-state index in [1.54, 1.807) is 0 Å². The first kappa shape index (κ1) is 14.4. The maximum absolute atomic E-state index is 9.12. The maximum Gasteiger partial charge on any atom is 0.108 e. The summed E-state index contributed by atoms with van der Waals surface area (Å²) in [6, 6.07) is 3.29. The van der Waals surface area contributed by atoms with Crippen LogP contribution in [-0.4, -0.2) is 61.7 Å². The third-order valence-corrected chi connectivity index (χ3v) is 3.47. The molecule has 0 amide bonds. The Labute approximate surface area is 106 Å². The number of nitrogens with zero attached hydrogens (tertiary/aromatic N) is 3. The van der Waals surface area contributed by atoms with Gasteiger partial charge in [-0.2, -0.15) is 5.26 Å². The molecule has 0 aromatic carbocycles. The molecule has 17 heavy (non-hydrogen) atoms. The van der Waals surface area contributed by atoms with Crippen LogP contribution in [0.5, 0.6) is 0 Å². The van der Waals surface area contributed by atoms with Crippen LogP contribution >= 0.6 is 0 Å². The standard InChI is InChI=1S/C13H26N4/c1-11(2)15-12(9-14)10-17(4)13-5-7-16(3)8-6-13/h11-13,15H,5-8,10H2,1-4H3. The number of likely N-dealkylation sites (tertiary alicyclic amines) is 1.